The molecule has 0 aliphatic rings. The van der Waals surface area contributed by atoms with Gasteiger partial charge in [0.05, 0.1) is 17.7 Å². The van der Waals surface area contributed by atoms with Gasteiger partial charge in [-0.25, -0.2) is 4.98 Å². The molecule has 2 aromatic carbocycles. The molecule has 3 rings (SSSR count). The average molecular weight is 424 g/mol. The van der Waals surface area contributed by atoms with Crippen LogP contribution >= 0.6 is 11.8 Å². The number of benzene rings is 2. The highest BCUT2D eigenvalue weighted by atomic mass is 32.2. The highest BCUT2D eigenvalue weighted by Crippen LogP contribution is 2.31. The van der Waals surface area contributed by atoms with E-state index in [0.29, 0.717) is 22.0 Å². The molecule has 0 fully saturated rings. The first-order valence-corrected chi connectivity index (χ1v) is 9.82. The van der Waals surface area contributed by atoms with Gasteiger partial charge in [-0.05, 0) is 30.5 Å². The van der Waals surface area contributed by atoms with Gasteiger partial charge in [0.2, 0.25) is 0 Å². The minimum absolute atomic E-state index is 0.0255. The van der Waals surface area contributed by atoms with E-state index in [2.05, 4.69) is 9.97 Å². The third kappa shape index (κ3) is 4.26. The number of methoxy groups -OCH3 is 1. The first-order chi connectivity index (χ1) is 14.5. The van der Waals surface area contributed by atoms with Gasteiger partial charge in [-0.1, -0.05) is 23.9 Å². The lowest BCUT2D eigenvalue weighted by atomic mass is 10.0. The third-order valence-electron chi connectivity index (χ3n) is 4.20. The van der Waals surface area contributed by atoms with Crippen LogP contribution in [0, 0.1) is 21.4 Å². The number of nitro benzene ring substituents is 1. The molecule has 1 aromatic heterocycles. The van der Waals surface area contributed by atoms with E-state index < -0.39 is 10.5 Å². The summed E-state index contributed by atoms with van der Waals surface area (Å²) in [7, 11) is 1.49. The van der Waals surface area contributed by atoms with Crippen molar-refractivity contribution in [2.24, 2.45) is 0 Å². The summed E-state index contributed by atoms with van der Waals surface area (Å²) in [6.45, 7) is -0.0255. The second kappa shape index (κ2) is 9.11. The van der Waals surface area contributed by atoms with Gasteiger partial charge in [-0.2, -0.15) is 5.26 Å². The zero-order valence-corrected chi connectivity index (χ0v) is 16.9. The molecule has 1 N–H and O–H groups in total. The van der Waals surface area contributed by atoms with E-state index in [1.807, 2.05) is 6.07 Å². The van der Waals surface area contributed by atoms with E-state index >= 15 is 0 Å². The Labute approximate surface area is 175 Å². The summed E-state index contributed by atoms with van der Waals surface area (Å²) < 4.78 is 11.0. The van der Waals surface area contributed by atoms with Gasteiger partial charge >= 0.3 is 5.69 Å². The highest BCUT2D eigenvalue weighted by Gasteiger charge is 2.17. The van der Waals surface area contributed by atoms with Crippen molar-refractivity contribution in [3.8, 4) is 28.8 Å². The molecule has 0 aliphatic heterocycles. The van der Waals surface area contributed by atoms with Crippen molar-refractivity contribution in [3.63, 3.8) is 0 Å². The number of rotatable bonds is 7. The number of thioether (sulfide) groups is 1. The fraction of sp³-hybridized carbons (Fsp3) is 0.150. The van der Waals surface area contributed by atoms with Crippen LogP contribution in [0.5, 0.6) is 11.5 Å². The SMILES string of the molecule is COc1ccc(-c2nc(SC)[nH]c(=O)c2C#N)cc1COc1ccccc1[N+](=O)[O-]. The molecule has 10 heteroatoms. The van der Waals surface area contributed by atoms with Crippen LogP contribution in [0.2, 0.25) is 0 Å². The maximum Gasteiger partial charge on any atom is 0.310 e. The molecule has 9 nitrogen and oxygen atoms in total. The van der Waals surface area contributed by atoms with E-state index in [-0.39, 0.29) is 29.3 Å². The van der Waals surface area contributed by atoms with Crippen molar-refractivity contribution in [2.45, 2.75) is 11.8 Å². The lowest BCUT2D eigenvalue weighted by molar-refractivity contribution is -0.385. The Hall–Kier alpha value is -3.84. The van der Waals surface area contributed by atoms with Crippen molar-refractivity contribution >= 4 is 17.4 Å². The predicted octanol–water partition coefficient (Wildman–Crippen LogP) is 3.53. The number of para-hydroxylation sites is 2. The molecule has 1 heterocycles. The predicted molar refractivity (Wildman–Crippen MR) is 111 cm³/mol. The molecule has 0 atom stereocenters. The van der Waals surface area contributed by atoms with Crippen molar-refractivity contribution < 1.29 is 14.4 Å². The van der Waals surface area contributed by atoms with Gasteiger partial charge in [0.15, 0.2) is 10.9 Å². The van der Waals surface area contributed by atoms with Crippen molar-refractivity contribution in [2.75, 3.05) is 13.4 Å². The molecule has 0 unspecified atom stereocenters. The van der Waals surface area contributed by atoms with Crippen LogP contribution in [0.4, 0.5) is 5.69 Å². The topological polar surface area (TPSA) is 131 Å². The first kappa shape index (κ1) is 20.9. The number of aromatic nitrogens is 2. The van der Waals surface area contributed by atoms with Crippen molar-refractivity contribution in [1.82, 2.24) is 9.97 Å². The van der Waals surface area contributed by atoms with Crippen molar-refractivity contribution in [3.05, 3.63) is 74.1 Å². The Kier molecular flexibility index (Phi) is 6.34. The van der Waals surface area contributed by atoms with E-state index in [0.717, 1.165) is 0 Å². The number of hydrogen-bond acceptors (Lipinski definition) is 8. The van der Waals surface area contributed by atoms with Gasteiger partial charge in [0, 0.05) is 17.2 Å². The normalized spacial score (nSPS) is 10.3. The summed E-state index contributed by atoms with van der Waals surface area (Å²) in [6, 6.07) is 13.0. The van der Waals surface area contributed by atoms with Crippen LogP contribution in [0.1, 0.15) is 11.1 Å². The summed E-state index contributed by atoms with van der Waals surface area (Å²) >= 11 is 1.25. The lowest BCUT2D eigenvalue weighted by Crippen LogP contribution is -2.14. The molecule has 30 heavy (non-hydrogen) atoms. The van der Waals surface area contributed by atoms with E-state index in [4.69, 9.17) is 9.47 Å². The summed E-state index contributed by atoms with van der Waals surface area (Å²) in [6.07, 6.45) is 1.76. The number of nitrogens with one attached hydrogen (secondary N) is 1. The molecule has 0 amide bonds. The van der Waals surface area contributed by atoms with E-state index in [1.54, 1.807) is 36.6 Å². The average Bonchev–Trinajstić information content (AvgIpc) is 2.76. The second-order valence-electron chi connectivity index (χ2n) is 5.95. The van der Waals surface area contributed by atoms with Gasteiger partial charge < -0.3 is 14.5 Å². The summed E-state index contributed by atoms with van der Waals surface area (Å²) in [5.74, 6) is 0.609. The Morgan fingerprint density at radius 1 is 1.27 bits per heavy atom. The number of H-pyrrole nitrogens is 1. The summed E-state index contributed by atoms with van der Waals surface area (Å²) in [4.78, 5) is 29.8. The molecule has 0 saturated heterocycles. The zero-order chi connectivity index (χ0) is 21.7. The van der Waals surface area contributed by atoms with Crippen molar-refractivity contribution in [1.29, 1.82) is 5.26 Å². The quantitative estimate of drug-likeness (QED) is 0.264. The molecule has 0 spiro atoms. The first-order valence-electron chi connectivity index (χ1n) is 8.60. The van der Waals surface area contributed by atoms with Crippen LogP contribution in [0.25, 0.3) is 11.3 Å². The molecule has 0 radical (unpaired) electrons. The van der Waals surface area contributed by atoms with Gasteiger partial charge in [-0.15, -0.1) is 0 Å². The van der Waals surface area contributed by atoms with Crippen LogP contribution in [0.3, 0.4) is 0 Å². The molecule has 0 aliphatic carbocycles. The van der Waals surface area contributed by atoms with Gasteiger partial charge in [0.25, 0.3) is 5.56 Å². The monoisotopic (exact) mass is 424 g/mol. The van der Waals surface area contributed by atoms with Crippen LogP contribution in [-0.2, 0) is 6.61 Å². The van der Waals surface area contributed by atoms with Gasteiger partial charge in [0.1, 0.15) is 24.0 Å². The molecule has 0 saturated carbocycles. The standard InChI is InChI=1S/C20H16N4O5S/c1-28-16-8-7-12(18-14(10-21)19(25)23-20(22-18)30-2)9-13(16)11-29-17-6-4-3-5-15(17)24(26)27/h3-9H,11H2,1-2H3,(H,22,23,25). The van der Waals surface area contributed by atoms with Gasteiger partial charge in [-0.3, -0.25) is 14.9 Å². The Morgan fingerprint density at radius 2 is 2.03 bits per heavy atom. The largest absolute Gasteiger partial charge is 0.496 e. The number of aromatic amines is 1. The Bertz CT molecular complexity index is 1200. The summed E-state index contributed by atoms with van der Waals surface area (Å²) in [5.41, 5.74) is 0.545. The maximum absolute atomic E-state index is 12.2. The maximum atomic E-state index is 12.2. The number of ether oxygens (including phenoxy) is 2. The molecule has 0 bridgehead atoms. The minimum atomic E-state index is -0.527. The minimum Gasteiger partial charge on any atom is -0.496 e. The highest BCUT2D eigenvalue weighted by molar-refractivity contribution is 7.98. The lowest BCUT2D eigenvalue weighted by Gasteiger charge is -2.13. The smallest absolute Gasteiger partial charge is 0.310 e. The van der Waals surface area contributed by atoms with Crippen LogP contribution in [-0.4, -0.2) is 28.3 Å². The fourth-order valence-electron chi connectivity index (χ4n) is 2.79. The Morgan fingerprint density at radius 3 is 2.70 bits per heavy atom. The van der Waals surface area contributed by atoms with E-state index in [9.17, 15) is 20.2 Å². The van der Waals surface area contributed by atoms with E-state index in [1.165, 1.54) is 31.0 Å². The molecular formula is C20H16N4O5S. The zero-order valence-electron chi connectivity index (χ0n) is 16.0. The fourth-order valence-corrected chi connectivity index (χ4v) is 3.16. The van der Waals surface area contributed by atoms with Crippen LogP contribution < -0.4 is 15.0 Å². The number of nitriles is 1. The number of hydrogen-bond donors (Lipinski definition) is 1. The summed E-state index contributed by atoms with van der Waals surface area (Å²) in [5, 5.41) is 21.0. The Balaban J connectivity index is 2.02. The number of nitrogens with zero attached hydrogens (tertiary/aromatic N) is 3. The number of nitro groups is 1. The third-order valence-corrected chi connectivity index (χ3v) is 4.78. The second-order valence-corrected chi connectivity index (χ2v) is 6.75. The molecular weight excluding hydrogens is 408 g/mol. The van der Waals surface area contributed by atoms with Crippen LogP contribution in [0.15, 0.2) is 52.4 Å². The molecule has 3 aromatic rings. The molecule has 152 valence electrons.